The zero-order valence-corrected chi connectivity index (χ0v) is 9.83. The van der Waals surface area contributed by atoms with Gasteiger partial charge in [-0.2, -0.15) is 0 Å². The van der Waals surface area contributed by atoms with Crippen molar-refractivity contribution in [2.45, 2.75) is 33.7 Å². The van der Waals surface area contributed by atoms with E-state index in [1.807, 2.05) is 19.6 Å². The Labute approximate surface area is 86.5 Å². The molecule has 1 heterocycles. The molecule has 80 valence electrons. The molecule has 1 aromatic rings. The number of nitrogens with one attached hydrogen (secondary N) is 1. The van der Waals surface area contributed by atoms with Crippen LogP contribution in [0.4, 0.5) is 0 Å². The first-order valence-corrected chi connectivity index (χ1v) is 5.16. The zero-order valence-electron chi connectivity index (χ0n) is 9.83. The molecule has 0 aromatic carbocycles. The van der Waals surface area contributed by atoms with Gasteiger partial charge in [0.25, 0.3) is 0 Å². The van der Waals surface area contributed by atoms with E-state index in [0.29, 0.717) is 6.04 Å². The predicted octanol–water partition coefficient (Wildman–Crippen LogP) is 2.12. The van der Waals surface area contributed by atoms with Crippen LogP contribution >= 0.6 is 0 Å². The van der Waals surface area contributed by atoms with Gasteiger partial charge in [0.05, 0.1) is 18.1 Å². The van der Waals surface area contributed by atoms with E-state index >= 15 is 0 Å². The molecule has 1 N–H and O–H groups in total. The first kappa shape index (κ1) is 11.2. The number of nitrogens with zero attached hydrogens (tertiary/aromatic N) is 2. The molecule has 0 aliphatic carbocycles. The maximum Gasteiger partial charge on any atom is 0.0946 e. The molecule has 0 saturated heterocycles. The standard InChI is InChI=1S/C11H21N3/c1-6-13-10(11(2,3)4)9-7-12-8-14(9)5/h7-8,10,13H,6H2,1-5H3. The third-order valence-corrected chi connectivity index (χ3v) is 2.42. The maximum absolute atomic E-state index is 4.16. The zero-order chi connectivity index (χ0) is 10.8. The van der Waals surface area contributed by atoms with Gasteiger partial charge < -0.3 is 9.88 Å². The van der Waals surface area contributed by atoms with Crippen molar-refractivity contribution < 1.29 is 0 Å². The third-order valence-electron chi connectivity index (χ3n) is 2.42. The Kier molecular flexibility index (Phi) is 3.32. The summed E-state index contributed by atoms with van der Waals surface area (Å²) in [5, 5.41) is 3.50. The summed E-state index contributed by atoms with van der Waals surface area (Å²) < 4.78 is 2.08. The Morgan fingerprint density at radius 1 is 1.50 bits per heavy atom. The van der Waals surface area contributed by atoms with Crippen molar-refractivity contribution in [3.63, 3.8) is 0 Å². The first-order valence-electron chi connectivity index (χ1n) is 5.16. The van der Waals surface area contributed by atoms with Gasteiger partial charge in [-0.05, 0) is 12.0 Å². The summed E-state index contributed by atoms with van der Waals surface area (Å²) in [5.74, 6) is 0. The van der Waals surface area contributed by atoms with E-state index in [1.54, 1.807) is 0 Å². The summed E-state index contributed by atoms with van der Waals surface area (Å²) >= 11 is 0. The summed E-state index contributed by atoms with van der Waals surface area (Å²) in [6.07, 6.45) is 3.80. The number of aromatic nitrogens is 2. The van der Waals surface area contributed by atoms with Crippen molar-refractivity contribution >= 4 is 0 Å². The quantitative estimate of drug-likeness (QED) is 0.800. The van der Waals surface area contributed by atoms with Crippen LogP contribution in [0, 0.1) is 5.41 Å². The first-order chi connectivity index (χ1) is 6.46. The second kappa shape index (κ2) is 4.13. The number of rotatable bonds is 3. The third kappa shape index (κ3) is 2.35. The molecule has 1 aromatic heterocycles. The highest BCUT2D eigenvalue weighted by Crippen LogP contribution is 2.31. The summed E-state index contributed by atoms with van der Waals surface area (Å²) in [5.41, 5.74) is 1.46. The van der Waals surface area contributed by atoms with E-state index in [0.717, 1.165) is 6.54 Å². The van der Waals surface area contributed by atoms with Crippen LogP contribution in [0.15, 0.2) is 12.5 Å². The molecule has 0 aliphatic heterocycles. The molecule has 0 fully saturated rings. The van der Waals surface area contributed by atoms with E-state index in [1.165, 1.54) is 5.69 Å². The minimum absolute atomic E-state index is 0.212. The summed E-state index contributed by atoms with van der Waals surface area (Å²) in [6, 6.07) is 0.361. The van der Waals surface area contributed by atoms with Gasteiger partial charge in [-0.25, -0.2) is 4.98 Å². The van der Waals surface area contributed by atoms with E-state index in [-0.39, 0.29) is 5.41 Å². The highest BCUT2D eigenvalue weighted by molar-refractivity contribution is 5.08. The van der Waals surface area contributed by atoms with Crippen LogP contribution in [0.3, 0.4) is 0 Å². The van der Waals surface area contributed by atoms with Crippen LogP contribution in [0.2, 0.25) is 0 Å². The Morgan fingerprint density at radius 2 is 2.14 bits per heavy atom. The number of imidazole rings is 1. The highest BCUT2D eigenvalue weighted by atomic mass is 15.1. The van der Waals surface area contributed by atoms with Crippen LogP contribution in [0.25, 0.3) is 0 Å². The van der Waals surface area contributed by atoms with Crippen LogP contribution in [0.1, 0.15) is 39.4 Å². The van der Waals surface area contributed by atoms with E-state index < -0.39 is 0 Å². The van der Waals surface area contributed by atoms with Crippen molar-refractivity contribution in [1.82, 2.24) is 14.9 Å². The molecule has 0 radical (unpaired) electrons. The van der Waals surface area contributed by atoms with E-state index in [2.05, 4.69) is 42.6 Å². The predicted molar refractivity (Wildman–Crippen MR) is 59.1 cm³/mol. The van der Waals surface area contributed by atoms with E-state index in [9.17, 15) is 0 Å². The fraction of sp³-hybridized carbons (Fsp3) is 0.727. The Bertz CT molecular complexity index is 283. The van der Waals surface area contributed by atoms with Crippen molar-refractivity contribution in [3.05, 3.63) is 18.2 Å². The fourth-order valence-electron chi connectivity index (χ4n) is 1.70. The highest BCUT2D eigenvalue weighted by Gasteiger charge is 2.27. The lowest BCUT2D eigenvalue weighted by molar-refractivity contribution is 0.267. The molecular weight excluding hydrogens is 174 g/mol. The molecular formula is C11H21N3. The second-order valence-electron chi connectivity index (χ2n) is 4.79. The van der Waals surface area contributed by atoms with Gasteiger partial charge in [-0.1, -0.05) is 27.7 Å². The molecule has 1 rings (SSSR count). The molecule has 0 spiro atoms. The molecule has 1 unspecified atom stereocenters. The van der Waals surface area contributed by atoms with Crippen LogP contribution < -0.4 is 5.32 Å². The van der Waals surface area contributed by atoms with Crippen LogP contribution in [-0.2, 0) is 7.05 Å². The summed E-state index contributed by atoms with van der Waals surface area (Å²) in [6.45, 7) is 9.84. The van der Waals surface area contributed by atoms with Gasteiger partial charge in [0, 0.05) is 13.2 Å². The fourth-order valence-corrected chi connectivity index (χ4v) is 1.70. The van der Waals surface area contributed by atoms with Crippen molar-refractivity contribution in [2.24, 2.45) is 12.5 Å². The Morgan fingerprint density at radius 3 is 2.50 bits per heavy atom. The van der Waals surface area contributed by atoms with Crippen LogP contribution in [-0.4, -0.2) is 16.1 Å². The van der Waals surface area contributed by atoms with Gasteiger partial charge in [-0.15, -0.1) is 0 Å². The molecule has 0 bridgehead atoms. The van der Waals surface area contributed by atoms with Gasteiger partial charge in [0.2, 0.25) is 0 Å². The maximum atomic E-state index is 4.16. The van der Waals surface area contributed by atoms with Crippen molar-refractivity contribution in [3.8, 4) is 0 Å². The molecule has 1 atom stereocenters. The molecule has 0 saturated carbocycles. The topological polar surface area (TPSA) is 29.9 Å². The van der Waals surface area contributed by atoms with Crippen molar-refractivity contribution in [2.75, 3.05) is 6.54 Å². The van der Waals surface area contributed by atoms with Crippen molar-refractivity contribution in [1.29, 1.82) is 0 Å². The number of aryl methyl sites for hydroxylation is 1. The lowest BCUT2D eigenvalue weighted by Crippen LogP contribution is -2.33. The molecule has 0 aliphatic rings. The normalized spacial score (nSPS) is 14.4. The minimum atomic E-state index is 0.212. The molecule has 3 nitrogen and oxygen atoms in total. The average molecular weight is 195 g/mol. The summed E-state index contributed by atoms with van der Waals surface area (Å²) in [7, 11) is 2.04. The van der Waals surface area contributed by atoms with Gasteiger partial charge in [0.1, 0.15) is 0 Å². The smallest absolute Gasteiger partial charge is 0.0946 e. The molecule has 0 amide bonds. The van der Waals surface area contributed by atoms with E-state index in [4.69, 9.17) is 0 Å². The lowest BCUT2D eigenvalue weighted by Gasteiger charge is -2.31. The minimum Gasteiger partial charge on any atom is -0.336 e. The van der Waals surface area contributed by atoms with Gasteiger partial charge >= 0.3 is 0 Å². The second-order valence-corrected chi connectivity index (χ2v) is 4.79. The number of hydrogen-bond donors (Lipinski definition) is 1. The average Bonchev–Trinajstić information content (AvgIpc) is 2.45. The Balaban J connectivity index is 2.95. The van der Waals surface area contributed by atoms with Crippen LogP contribution in [0.5, 0.6) is 0 Å². The summed E-state index contributed by atoms with van der Waals surface area (Å²) in [4.78, 5) is 4.16. The monoisotopic (exact) mass is 195 g/mol. The number of hydrogen-bond acceptors (Lipinski definition) is 2. The lowest BCUT2D eigenvalue weighted by atomic mass is 9.85. The van der Waals surface area contributed by atoms with Gasteiger partial charge in [-0.3, -0.25) is 0 Å². The molecule has 14 heavy (non-hydrogen) atoms. The molecule has 3 heteroatoms. The Hall–Kier alpha value is -0.830. The largest absolute Gasteiger partial charge is 0.336 e. The SMILES string of the molecule is CCNC(c1cncn1C)C(C)(C)C. The van der Waals surface area contributed by atoms with Gasteiger partial charge in [0.15, 0.2) is 0 Å².